The van der Waals surface area contributed by atoms with E-state index >= 15 is 0 Å². The average molecular weight is 302 g/mol. The van der Waals surface area contributed by atoms with Gasteiger partial charge < -0.3 is 10.2 Å². The van der Waals surface area contributed by atoms with E-state index in [2.05, 4.69) is 0 Å². The number of carbonyl (C=O) groups is 2. The zero-order chi connectivity index (χ0) is 17.1. The first-order chi connectivity index (χ1) is 10.6. The predicted molar refractivity (Wildman–Crippen MR) is 88.5 cm³/mol. The van der Waals surface area contributed by atoms with Crippen molar-refractivity contribution in [1.29, 1.82) is 0 Å². The van der Waals surface area contributed by atoms with Gasteiger partial charge in [0, 0.05) is 0 Å². The number of hydrogen-bond donors (Lipinski definition) is 2. The number of carboxylic acid groups (broad SMARTS) is 2. The fraction of sp³-hybridized carbons (Fsp3) is 0.222. The van der Waals surface area contributed by atoms with Crippen LogP contribution in [0.2, 0.25) is 0 Å². The van der Waals surface area contributed by atoms with Gasteiger partial charge in [-0.15, -0.1) is 0 Å². The van der Waals surface area contributed by atoms with Crippen molar-refractivity contribution in [2.24, 2.45) is 0 Å². The zero-order valence-corrected chi connectivity index (χ0v) is 13.3. The average Bonchev–Trinajstić information content (AvgIpc) is 2.58. The minimum atomic E-state index is -1.01. The van der Waals surface area contributed by atoms with Crippen LogP contribution in [0.4, 0.5) is 0 Å². The van der Waals surface area contributed by atoms with Crippen LogP contribution in [0.5, 0.6) is 0 Å². The molecule has 2 aromatic rings. The number of carboxylic acids is 2. The highest BCUT2D eigenvalue weighted by atomic mass is 16.4. The third-order valence-electron chi connectivity index (χ3n) is 2.60. The standard InChI is InChI=1S/C14H10O4.2C2H6/c15-13(16)10-7-5-9(6-8-10)11-3-1-2-4-12(11)14(17)18;2*1-2/h1-8H,(H,15,16)(H,17,18);2*1-2H3. The molecular formula is C18H22O4. The molecule has 2 aromatic carbocycles. The highest BCUT2D eigenvalue weighted by Gasteiger charge is 2.11. The number of benzene rings is 2. The lowest BCUT2D eigenvalue weighted by Crippen LogP contribution is -1.99. The molecule has 0 amide bonds. The van der Waals surface area contributed by atoms with Gasteiger partial charge in [0.05, 0.1) is 11.1 Å². The SMILES string of the molecule is CC.CC.O=C(O)c1ccc(-c2ccccc2C(=O)O)cc1. The van der Waals surface area contributed by atoms with Crippen LogP contribution in [0.25, 0.3) is 11.1 Å². The van der Waals surface area contributed by atoms with Gasteiger partial charge in [-0.25, -0.2) is 9.59 Å². The Bertz CT molecular complexity index is 601. The molecule has 0 unspecified atom stereocenters. The van der Waals surface area contributed by atoms with E-state index in [-0.39, 0.29) is 11.1 Å². The maximum Gasteiger partial charge on any atom is 0.336 e. The van der Waals surface area contributed by atoms with Crippen LogP contribution in [0.3, 0.4) is 0 Å². The molecule has 4 heteroatoms. The Morgan fingerprint density at radius 3 is 1.68 bits per heavy atom. The van der Waals surface area contributed by atoms with Crippen LogP contribution in [0, 0.1) is 0 Å². The van der Waals surface area contributed by atoms with Crippen LogP contribution >= 0.6 is 0 Å². The fourth-order valence-electron chi connectivity index (χ4n) is 1.71. The Kier molecular flexibility index (Phi) is 8.95. The summed E-state index contributed by atoms with van der Waals surface area (Å²) in [5.41, 5.74) is 1.62. The van der Waals surface area contributed by atoms with E-state index in [0.29, 0.717) is 11.1 Å². The molecule has 0 radical (unpaired) electrons. The maximum atomic E-state index is 11.1. The molecule has 0 fully saturated rings. The number of rotatable bonds is 3. The quantitative estimate of drug-likeness (QED) is 0.853. The topological polar surface area (TPSA) is 74.6 Å². The Morgan fingerprint density at radius 2 is 1.23 bits per heavy atom. The lowest BCUT2D eigenvalue weighted by atomic mass is 9.99. The minimum absolute atomic E-state index is 0.173. The van der Waals surface area contributed by atoms with Gasteiger partial charge in [0.25, 0.3) is 0 Å². The largest absolute Gasteiger partial charge is 0.478 e. The molecule has 0 aliphatic heterocycles. The van der Waals surface area contributed by atoms with Crippen molar-refractivity contribution >= 4 is 11.9 Å². The molecule has 0 aliphatic carbocycles. The van der Waals surface area contributed by atoms with Crippen LogP contribution in [-0.2, 0) is 0 Å². The Balaban J connectivity index is 0.00000102. The number of aromatic carboxylic acids is 2. The second-order valence-corrected chi connectivity index (χ2v) is 3.73. The van der Waals surface area contributed by atoms with Gasteiger partial charge in [-0.3, -0.25) is 0 Å². The monoisotopic (exact) mass is 302 g/mol. The summed E-state index contributed by atoms with van der Waals surface area (Å²) in [6, 6.07) is 12.7. The summed E-state index contributed by atoms with van der Waals surface area (Å²) in [5, 5.41) is 17.9. The summed E-state index contributed by atoms with van der Waals surface area (Å²) in [7, 11) is 0. The summed E-state index contributed by atoms with van der Waals surface area (Å²) in [6.07, 6.45) is 0. The van der Waals surface area contributed by atoms with Gasteiger partial charge in [-0.2, -0.15) is 0 Å². The third kappa shape index (κ3) is 5.05. The summed E-state index contributed by atoms with van der Waals surface area (Å²) < 4.78 is 0. The van der Waals surface area contributed by atoms with Crippen molar-refractivity contribution in [3.05, 3.63) is 59.7 Å². The van der Waals surface area contributed by atoms with E-state index < -0.39 is 11.9 Å². The molecule has 0 aromatic heterocycles. The Hall–Kier alpha value is -2.62. The van der Waals surface area contributed by atoms with Crippen LogP contribution < -0.4 is 0 Å². The predicted octanol–water partition coefficient (Wildman–Crippen LogP) is 4.80. The first-order valence-electron chi connectivity index (χ1n) is 7.25. The van der Waals surface area contributed by atoms with Gasteiger partial charge in [-0.1, -0.05) is 58.0 Å². The van der Waals surface area contributed by atoms with Gasteiger partial charge in [0.2, 0.25) is 0 Å². The first kappa shape index (κ1) is 19.4. The van der Waals surface area contributed by atoms with Crippen molar-refractivity contribution in [1.82, 2.24) is 0 Å². The van der Waals surface area contributed by atoms with Crippen molar-refractivity contribution in [2.75, 3.05) is 0 Å². The Labute approximate surface area is 131 Å². The molecule has 0 saturated heterocycles. The third-order valence-corrected chi connectivity index (χ3v) is 2.60. The van der Waals surface area contributed by atoms with E-state index in [1.807, 2.05) is 27.7 Å². The van der Waals surface area contributed by atoms with E-state index in [1.165, 1.54) is 18.2 Å². The smallest absolute Gasteiger partial charge is 0.336 e. The normalized spacial score (nSPS) is 8.73. The Morgan fingerprint density at radius 1 is 0.727 bits per heavy atom. The lowest BCUT2D eigenvalue weighted by molar-refractivity contribution is 0.0686. The van der Waals surface area contributed by atoms with E-state index in [0.717, 1.165) is 0 Å². The van der Waals surface area contributed by atoms with Gasteiger partial charge in [0.15, 0.2) is 0 Å². The lowest BCUT2D eigenvalue weighted by Gasteiger charge is -2.06. The molecule has 0 bridgehead atoms. The molecule has 0 saturated carbocycles. The van der Waals surface area contributed by atoms with Crippen LogP contribution in [-0.4, -0.2) is 22.2 Å². The first-order valence-corrected chi connectivity index (χ1v) is 7.25. The van der Waals surface area contributed by atoms with E-state index in [1.54, 1.807) is 30.3 Å². The molecule has 0 aliphatic rings. The van der Waals surface area contributed by atoms with Gasteiger partial charge >= 0.3 is 11.9 Å². The molecule has 2 N–H and O–H groups in total. The highest BCUT2D eigenvalue weighted by molar-refractivity contribution is 5.96. The highest BCUT2D eigenvalue weighted by Crippen LogP contribution is 2.24. The van der Waals surface area contributed by atoms with E-state index in [4.69, 9.17) is 10.2 Å². The van der Waals surface area contributed by atoms with Gasteiger partial charge in [-0.05, 0) is 29.3 Å². The van der Waals surface area contributed by atoms with Crippen molar-refractivity contribution in [2.45, 2.75) is 27.7 Å². The molecule has 2 rings (SSSR count). The summed E-state index contributed by atoms with van der Waals surface area (Å²) in [5.74, 6) is -2.01. The zero-order valence-electron chi connectivity index (χ0n) is 13.3. The summed E-state index contributed by atoms with van der Waals surface area (Å²) in [4.78, 5) is 21.8. The summed E-state index contributed by atoms with van der Waals surface area (Å²) >= 11 is 0. The summed E-state index contributed by atoms with van der Waals surface area (Å²) in [6.45, 7) is 8.00. The second-order valence-electron chi connectivity index (χ2n) is 3.73. The molecule has 0 heterocycles. The van der Waals surface area contributed by atoms with Gasteiger partial charge in [0.1, 0.15) is 0 Å². The van der Waals surface area contributed by atoms with Crippen molar-refractivity contribution < 1.29 is 19.8 Å². The van der Waals surface area contributed by atoms with Crippen LogP contribution in [0.15, 0.2) is 48.5 Å². The minimum Gasteiger partial charge on any atom is -0.478 e. The molecule has 22 heavy (non-hydrogen) atoms. The van der Waals surface area contributed by atoms with Crippen LogP contribution in [0.1, 0.15) is 48.4 Å². The molecular weight excluding hydrogens is 280 g/mol. The molecule has 4 nitrogen and oxygen atoms in total. The van der Waals surface area contributed by atoms with E-state index in [9.17, 15) is 9.59 Å². The molecule has 0 atom stereocenters. The van der Waals surface area contributed by atoms with Crippen molar-refractivity contribution in [3.8, 4) is 11.1 Å². The van der Waals surface area contributed by atoms with Crippen molar-refractivity contribution in [3.63, 3.8) is 0 Å². The molecule has 0 spiro atoms. The number of hydrogen-bond acceptors (Lipinski definition) is 2. The fourth-order valence-corrected chi connectivity index (χ4v) is 1.71. The second kappa shape index (κ2) is 10.2. The maximum absolute atomic E-state index is 11.1. The molecule has 118 valence electrons.